The molecule has 90 valence electrons. The molecule has 0 saturated carbocycles. The zero-order chi connectivity index (χ0) is 12.3. The number of fused-ring (bicyclic) bond motifs is 1. The van der Waals surface area contributed by atoms with Crippen molar-refractivity contribution in [2.24, 2.45) is 0 Å². The Morgan fingerprint density at radius 3 is 2.88 bits per heavy atom. The average molecular weight is 229 g/mol. The Balaban J connectivity index is 2.40. The van der Waals surface area contributed by atoms with E-state index < -0.39 is 0 Å². The molecule has 1 aromatic carbocycles. The van der Waals surface area contributed by atoms with Gasteiger partial charge in [0.15, 0.2) is 0 Å². The van der Waals surface area contributed by atoms with Crippen molar-refractivity contribution in [3.05, 3.63) is 30.5 Å². The zero-order valence-corrected chi connectivity index (χ0v) is 10.5. The summed E-state index contributed by atoms with van der Waals surface area (Å²) < 4.78 is 0. The van der Waals surface area contributed by atoms with Crippen LogP contribution >= 0.6 is 0 Å². The Bertz CT molecular complexity index is 508. The van der Waals surface area contributed by atoms with Gasteiger partial charge in [-0.15, -0.1) is 0 Å². The van der Waals surface area contributed by atoms with Gasteiger partial charge in [-0.05, 0) is 30.7 Å². The zero-order valence-electron chi connectivity index (χ0n) is 10.5. The van der Waals surface area contributed by atoms with Crippen LogP contribution in [-0.4, -0.2) is 18.6 Å². The quantitative estimate of drug-likeness (QED) is 0.819. The summed E-state index contributed by atoms with van der Waals surface area (Å²) >= 11 is 0. The number of rotatable bonds is 4. The summed E-state index contributed by atoms with van der Waals surface area (Å²) in [4.78, 5) is 6.64. The number of pyridine rings is 1. The lowest BCUT2D eigenvalue weighted by Gasteiger charge is -2.20. The smallest absolute Gasteiger partial charge is 0.0743 e. The first-order chi connectivity index (χ1) is 8.22. The van der Waals surface area contributed by atoms with Crippen LogP contribution < -0.4 is 10.6 Å². The Labute approximate surface area is 102 Å². The monoisotopic (exact) mass is 229 g/mol. The van der Waals surface area contributed by atoms with E-state index in [1.54, 1.807) is 0 Å². The van der Waals surface area contributed by atoms with Crippen molar-refractivity contribution in [2.45, 2.75) is 19.8 Å². The van der Waals surface area contributed by atoms with Crippen molar-refractivity contribution in [2.75, 3.05) is 24.2 Å². The topological polar surface area (TPSA) is 42.2 Å². The number of hydrogen-bond acceptors (Lipinski definition) is 3. The van der Waals surface area contributed by atoms with Crippen LogP contribution in [0.1, 0.15) is 19.8 Å². The predicted molar refractivity (Wildman–Crippen MR) is 74.3 cm³/mol. The second kappa shape index (κ2) is 5.04. The molecule has 0 atom stereocenters. The molecule has 0 unspecified atom stereocenters. The standard InChI is InChI=1S/C14H19N3/c1-3-4-9-17(2)14-7-8-16-13-10-11(15)5-6-12(13)14/h5-8,10H,3-4,9,15H2,1-2H3. The summed E-state index contributed by atoms with van der Waals surface area (Å²) in [5, 5.41) is 1.17. The van der Waals surface area contributed by atoms with E-state index in [1.807, 2.05) is 18.3 Å². The third kappa shape index (κ3) is 2.49. The van der Waals surface area contributed by atoms with Gasteiger partial charge in [0, 0.05) is 36.6 Å². The lowest BCUT2D eigenvalue weighted by atomic mass is 10.1. The molecule has 2 rings (SSSR count). The van der Waals surface area contributed by atoms with Gasteiger partial charge in [-0.3, -0.25) is 4.98 Å². The summed E-state index contributed by atoms with van der Waals surface area (Å²) in [6.45, 7) is 3.28. The molecule has 0 aliphatic rings. The molecule has 2 N–H and O–H groups in total. The van der Waals surface area contributed by atoms with Crippen molar-refractivity contribution in [1.29, 1.82) is 0 Å². The number of benzene rings is 1. The molecule has 0 bridgehead atoms. The molecule has 1 aromatic heterocycles. The van der Waals surface area contributed by atoms with Gasteiger partial charge < -0.3 is 10.6 Å². The highest BCUT2D eigenvalue weighted by molar-refractivity contribution is 5.93. The van der Waals surface area contributed by atoms with E-state index in [4.69, 9.17) is 5.73 Å². The molecule has 3 nitrogen and oxygen atoms in total. The van der Waals surface area contributed by atoms with Gasteiger partial charge in [0.2, 0.25) is 0 Å². The minimum atomic E-state index is 0.762. The van der Waals surface area contributed by atoms with Crippen LogP contribution in [0.15, 0.2) is 30.5 Å². The molecule has 0 aliphatic heterocycles. The molecule has 0 amide bonds. The average Bonchev–Trinajstić information content (AvgIpc) is 2.34. The second-order valence-electron chi connectivity index (χ2n) is 4.38. The van der Waals surface area contributed by atoms with Gasteiger partial charge in [-0.2, -0.15) is 0 Å². The Morgan fingerprint density at radius 2 is 2.12 bits per heavy atom. The second-order valence-corrected chi connectivity index (χ2v) is 4.38. The number of unbranched alkanes of at least 4 members (excludes halogenated alkanes) is 1. The molecule has 0 spiro atoms. The van der Waals surface area contributed by atoms with E-state index in [-0.39, 0.29) is 0 Å². The highest BCUT2D eigenvalue weighted by atomic mass is 15.1. The Kier molecular flexibility index (Phi) is 3.47. The minimum absolute atomic E-state index is 0.762. The summed E-state index contributed by atoms with van der Waals surface area (Å²) in [7, 11) is 2.13. The first-order valence-corrected chi connectivity index (χ1v) is 6.07. The van der Waals surface area contributed by atoms with Crippen LogP contribution in [0.3, 0.4) is 0 Å². The highest BCUT2D eigenvalue weighted by Gasteiger charge is 2.06. The molecule has 1 heterocycles. The van der Waals surface area contributed by atoms with E-state index in [9.17, 15) is 0 Å². The first kappa shape index (κ1) is 11.7. The summed E-state index contributed by atoms with van der Waals surface area (Å²) in [5.74, 6) is 0. The normalized spacial score (nSPS) is 10.7. The van der Waals surface area contributed by atoms with E-state index in [2.05, 4.69) is 36.0 Å². The lowest BCUT2D eigenvalue weighted by molar-refractivity contribution is 0.768. The minimum Gasteiger partial charge on any atom is -0.399 e. The van der Waals surface area contributed by atoms with Crippen LogP contribution in [0.4, 0.5) is 11.4 Å². The van der Waals surface area contributed by atoms with Crippen LogP contribution in [-0.2, 0) is 0 Å². The molecular weight excluding hydrogens is 210 g/mol. The summed E-state index contributed by atoms with van der Waals surface area (Å²) in [6.07, 6.45) is 4.26. The van der Waals surface area contributed by atoms with Crippen molar-refractivity contribution < 1.29 is 0 Å². The van der Waals surface area contributed by atoms with Gasteiger partial charge in [0.05, 0.1) is 5.52 Å². The fourth-order valence-electron chi connectivity index (χ4n) is 2.00. The van der Waals surface area contributed by atoms with E-state index in [1.165, 1.54) is 23.9 Å². The number of anilines is 2. The fourth-order valence-corrected chi connectivity index (χ4v) is 2.00. The number of aromatic nitrogens is 1. The van der Waals surface area contributed by atoms with Gasteiger partial charge in [-0.25, -0.2) is 0 Å². The SMILES string of the molecule is CCCCN(C)c1ccnc2cc(N)ccc12. The van der Waals surface area contributed by atoms with Gasteiger partial charge in [0.1, 0.15) is 0 Å². The van der Waals surface area contributed by atoms with Crippen LogP contribution in [0.25, 0.3) is 10.9 Å². The van der Waals surface area contributed by atoms with E-state index >= 15 is 0 Å². The third-order valence-corrected chi connectivity index (χ3v) is 3.00. The van der Waals surface area contributed by atoms with Crippen molar-refractivity contribution in [1.82, 2.24) is 4.98 Å². The molecular formula is C14H19N3. The van der Waals surface area contributed by atoms with E-state index in [0.29, 0.717) is 0 Å². The van der Waals surface area contributed by atoms with Crippen LogP contribution in [0.2, 0.25) is 0 Å². The molecule has 0 fully saturated rings. The van der Waals surface area contributed by atoms with E-state index in [0.717, 1.165) is 17.7 Å². The predicted octanol–water partition coefficient (Wildman–Crippen LogP) is 3.05. The third-order valence-electron chi connectivity index (χ3n) is 3.00. The highest BCUT2D eigenvalue weighted by Crippen LogP contribution is 2.25. The van der Waals surface area contributed by atoms with Crippen LogP contribution in [0, 0.1) is 0 Å². The van der Waals surface area contributed by atoms with Gasteiger partial charge >= 0.3 is 0 Å². The maximum Gasteiger partial charge on any atom is 0.0743 e. The largest absolute Gasteiger partial charge is 0.399 e. The molecule has 0 saturated heterocycles. The first-order valence-electron chi connectivity index (χ1n) is 6.07. The maximum absolute atomic E-state index is 5.78. The molecule has 17 heavy (non-hydrogen) atoms. The van der Waals surface area contributed by atoms with Crippen LogP contribution in [0.5, 0.6) is 0 Å². The summed E-state index contributed by atoms with van der Waals surface area (Å²) in [5.41, 5.74) is 8.73. The summed E-state index contributed by atoms with van der Waals surface area (Å²) in [6, 6.07) is 7.97. The van der Waals surface area contributed by atoms with Gasteiger partial charge in [-0.1, -0.05) is 13.3 Å². The van der Waals surface area contributed by atoms with Gasteiger partial charge in [0.25, 0.3) is 0 Å². The fraction of sp³-hybridized carbons (Fsp3) is 0.357. The lowest BCUT2D eigenvalue weighted by Crippen LogP contribution is -2.18. The number of nitrogen functional groups attached to an aromatic ring is 1. The molecule has 0 radical (unpaired) electrons. The molecule has 2 aromatic rings. The van der Waals surface area contributed by atoms with Crippen molar-refractivity contribution in [3.63, 3.8) is 0 Å². The number of nitrogens with zero attached hydrogens (tertiary/aromatic N) is 2. The molecule has 0 aliphatic carbocycles. The Hall–Kier alpha value is -1.77. The molecule has 3 heteroatoms. The van der Waals surface area contributed by atoms with Crippen molar-refractivity contribution in [3.8, 4) is 0 Å². The van der Waals surface area contributed by atoms with Crippen molar-refractivity contribution >= 4 is 22.3 Å². The maximum atomic E-state index is 5.78. The number of nitrogens with two attached hydrogens (primary N) is 1. The Morgan fingerprint density at radius 1 is 1.29 bits per heavy atom. The number of hydrogen-bond donors (Lipinski definition) is 1.